The number of carbonyl (C=O) groups excluding carboxylic acids is 5. The van der Waals surface area contributed by atoms with Gasteiger partial charge in [-0.05, 0) is 12.8 Å². The van der Waals surface area contributed by atoms with Crippen molar-refractivity contribution in [3.63, 3.8) is 0 Å². The molecule has 2 aliphatic heterocycles. The SMILES string of the molecule is O=C(O)CCC(=O)N(CCCCN1C(=O)C=CC1=O)CCN1C(=O)C=CC1=O. The van der Waals surface area contributed by atoms with E-state index in [9.17, 15) is 28.8 Å². The summed E-state index contributed by atoms with van der Waals surface area (Å²) >= 11 is 0. The lowest BCUT2D eigenvalue weighted by molar-refractivity contribution is -0.141. The molecule has 0 fully saturated rings. The van der Waals surface area contributed by atoms with E-state index in [1.54, 1.807) is 0 Å². The maximum absolute atomic E-state index is 12.3. The van der Waals surface area contributed by atoms with E-state index in [2.05, 4.69) is 0 Å². The summed E-state index contributed by atoms with van der Waals surface area (Å²) < 4.78 is 0. The zero-order chi connectivity index (χ0) is 20.7. The maximum atomic E-state index is 12.3. The van der Waals surface area contributed by atoms with E-state index in [4.69, 9.17) is 5.11 Å². The van der Waals surface area contributed by atoms with E-state index in [0.29, 0.717) is 12.8 Å². The smallest absolute Gasteiger partial charge is 0.303 e. The highest BCUT2D eigenvalue weighted by Crippen LogP contribution is 2.09. The fourth-order valence-corrected chi connectivity index (χ4v) is 2.83. The lowest BCUT2D eigenvalue weighted by Gasteiger charge is -2.25. The van der Waals surface area contributed by atoms with Crippen LogP contribution in [-0.2, 0) is 28.8 Å². The van der Waals surface area contributed by atoms with E-state index in [1.165, 1.54) is 17.1 Å². The van der Waals surface area contributed by atoms with Crippen molar-refractivity contribution in [2.45, 2.75) is 25.7 Å². The summed E-state index contributed by atoms with van der Waals surface area (Å²) in [6.45, 7) is 0.567. The highest BCUT2D eigenvalue weighted by Gasteiger charge is 2.25. The molecule has 0 aromatic heterocycles. The molecule has 0 aliphatic carbocycles. The van der Waals surface area contributed by atoms with Gasteiger partial charge >= 0.3 is 5.97 Å². The molecular formula is C18H21N3O7. The first-order chi connectivity index (χ1) is 13.3. The molecule has 10 heteroatoms. The molecule has 0 spiro atoms. The lowest BCUT2D eigenvalue weighted by Crippen LogP contribution is -2.41. The Morgan fingerprint density at radius 1 is 0.750 bits per heavy atom. The van der Waals surface area contributed by atoms with Gasteiger partial charge in [-0.3, -0.25) is 38.6 Å². The van der Waals surface area contributed by atoms with Gasteiger partial charge in [0.2, 0.25) is 5.91 Å². The third kappa shape index (κ3) is 5.60. The number of hydrogen-bond acceptors (Lipinski definition) is 6. The van der Waals surface area contributed by atoms with Crippen LogP contribution in [0.25, 0.3) is 0 Å². The Morgan fingerprint density at radius 3 is 1.75 bits per heavy atom. The number of imide groups is 2. The van der Waals surface area contributed by atoms with E-state index in [1.807, 2.05) is 0 Å². The highest BCUT2D eigenvalue weighted by atomic mass is 16.4. The number of nitrogens with zero attached hydrogens (tertiary/aromatic N) is 3. The fraction of sp³-hybridized carbons (Fsp3) is 0.444. The molecule has 2 rings (SSSR count). The second kappa shape index (κ2) is 9.58. The largest absolute Gasteiger partial charge is 0.481 e. The van der Waals surface area contributed by atoms with E-state index in [-0.39, 0.29) is 50.8 Å². The van der Waals surface area contributed by atoms with Crippen LogP contribution in [0.4, 0.5) is 0 Å². The number of carboxylic acid groups (broad SMARTS) is 1. The maximum Gasteiger partial charge on any atom is 0.303 e. The molecule has 0 aromatic carbocycles. The Morgan fingerprint density at radius 2 is 1.25 bits per heavy atom. The summed E-state index contributed by atoms with van der Waals surface area (Å²) in [6.07, 6.45) is 5.11. The Balaban J connectivity index is 1.84. The molecule has 0 atom stereocenters. The monoisotopic (exact) mass is 391 g/mol. The van der Waals surface area contributed by atoms with Crippen LogP contribution in [-0.4, -0.2) is 81.5 Å². The average molecular weight is 391 g/mol. The molecule has 2 heterocycles. The van der Waals surface area contributed by atoms with Crippen molar-refractivity contribution < 1.29 is 33.9 Å². The minimum atomic E-state index is -1.10. The van der Waals surface area contributed by atoms with Gasteiger partial charge in [0.15, 0.2) is 0 Å². The highest BCUT2D eigenvalue weighted by molar-refractivity contribution is 6.13. The van der Waals surface area contributed by atoms with Crippen LogP contribution in [0.3, 0.4) is 0 Å². The molecule has 1 N–H and O–H groups in total. The zero-order valence-electron chi connectivity index (χ0n) is 15.2. The number of rotatable bonds is 11. The van der Waals surface area contributed by atoms with Crippen LogP contribution in [0.1, 0.15) is 25.7 Å². The lowest BCUT2D eigenvalue weighted by atomic mass is 10.2. The van der Waals surface area contributed by atoms with Crippen molar-refractivity contribution in [1.82, 2.24) is 14.7 Å². The Labute approximate surface area is 161 Å². The first kappa shape index (κ1) is 21.0. The van der Waals surface area contributed by atoms with Crippen LogP contribution in [0.2, 0.25) is 0 Å². The molecule has 2 aliphatic rings. The van der Waals surface area contributed by atoms with Gasteiger partial charge in [-0.2, -0.15) is 0 Å². The van der Waals surface area contributed by atoms with Crippen LogP contribution in [0.15, 0.2) is 24.3 Å². The second-order valence-electron chi connectivity index (χ2n) is 6.30. The molecule has 0 saturated carbocycles. The minimum absolute atomic E-state index is 0.0104. The van der Waals surface area contributed by atoms with Gasteiger partial charge in [0, 0.05) is 56.9 Å². The Kier molecular flexibility index (Phi) is 7.19. The minimum Gasteiger partial charge on any atom is -0.481 e. The second-order valence-corrected chi connectivity index (χ2v) is 6.30. The molecule has 28 heavy (non-hydrogen) atoms. The quantitative estimate of drug-likeness (QED) is 0.364. The summed E-state index contributed by atoms with van der Waals surface area (Å²) in [5.41, 5.74) is 0. The Bertz CT molecular complexity index is 720. The summed E-state index contributed by atoms with van der Waals surface area (Å²) in [5.74, 6) is -3.16. The normalized spacial score (nSPS) is 15.9. The first-order valence-corrected chi connectivity index (χ1v) is 8.86. The van der Waals surface area contributed by atoms with Crippen LogP contribution in [0.5, 0.6) is 0 Å². The number of aliphatic carboxylic acids is 1. The van der Waals surface area contributed by atoms with E-state index >= 15 is 0 Å². The molecule has 5 amide bonds. The van der Waals surface area contributed by atoms with Crippen LogP contribution < -0.4 is 0 Å². The molecule has 150 valence electrons. The zero-order valence-corrected chi connectivity index (χ0v) is 15.2. The fourth-order valence-electron chi connectivity index (χ4n) is 2.83. The number of hydrogen-bond donors (Lipinski definition) is 1. The topological polar surface area (TPSA) is 132 Å². The summed E-state index contributed by atoms with van der Waals surface area (Å²) in [6, 6.07) is 0. The van der Waals surface area contributed by atoms with Gasteiger partial charge in [0.25, 0.3) is 23.6 Å². The van der Waals surface area contributed by atoms with Crippen molar-refractivity contribution in [1.29, 1.82) is 0 Å². The van der Waals surface area contributed by atoms with Gasteiger partial charge in [-0.25, -0.2) is 0 Å². The van der Waals surface area contributed by atoms with Crippen molar-refractivity contribution in [2.24, 2.45) is 0 Å². The van der Waals surface area contributed by atoms with Gasteiger partial charge in [-0.15, -0.1) is 0 Å². The number of carboxylic acids is 1. The van der Waals surface area contributed by atoms with Gasteiger partial charge in [0.05, 0.1) is 6.42 Å². The summed E-state index contributed by atoms with van der Waals surface area (Å²) in [7, 11) is 0. The number of unbranched alkanes of at least 4 members (excludes halogenated alkanes) is 1. The molecule has 0 unspecified atom stereocenters. The molecule has 0 radical (unpaired) electrons. The van der Waals surface area contributed by atoms with E-state index < -0.39 is 23.7 Å². The third-order valence-electron chi connectivity index (χ3n) is 4.36. The predicted molar refractivity (Wildman–Crippen MR) is 94.4 cm³/mol. The molecule has 0 aromatic rings. The third-order valence-corrected chi connectivity index (χ3v) is 4.36. The van der Waals surface area contributed by atoms with E-state index in [0.717, 1.165) is 22.0 Å². The number of carbonyl (C=O) groups is 6. The van der Waals surface area contributed by atoms with Crippen molar-refractivity contribution in [3.05, 3.63) is 24.3 Å². The number of amides is 5. The van der Waals surface area contributed by atoms with Gasteiger partial charge in [-0.1, -0.05) is 0 Å². The van der Waals surface area contributed by atoms with Crippen LogP contribution >= 0.6 is 0 Å². The Hall–Kier alpha value is -3.30. The van der Waals surface area contributed by atoms with Gasteiger partial charge < -0.3 is 10.0 Å². The van der Waals surface area contributed by atoms with Crippen molar-refractivity contribution >= 4 is 35.5 Å². The first-order valence-electron chi connectivity index (χ1n) is 8.86. The molecular weight excluding hydrogens is 370 g/mol. The average Bonchev–Trinajstić information content (AvgIpc) is 3.14. The van der Waals surface area contributed by atoms with Crippen molar-refractivity contribution in [3.8, 4) is 0 Å². The standard InChI is InChI=1S/C18H21N3O7/c22-13(7-8-18(27)28)19(11-12-21-16(25)5-6-17(21)26)9-1-2-10-20-14(23)3-4-15(20)24/h3-6H,1-2,7-12H2,(H,27,28). The predicted octanol–water partition coefficient (Wildman–Crippen LogP) is -0.690. The van der Waals surface area contributed by atoms with Crippen molar-refractivity contribution in [2.75, 3.05) is 26.2 Å². The van der Waals surface area contributed by atoms with Crippen LogP contribution in [0, 0.1) is 0 Å². The molecule has 10 nitrogen and oxygen atoms in total. The van der Waals surface area contributed by atoms with Gasteiger partial charge in [0.1, 0.15) is 0 Å². The molecule has 0 saturated heterocycles. The summed E-state index contributed by atoms with van der Waals surface area (Å²) in [5, 5.41) is 8.75. The summed E-state index contributed by atoms with van der Waals surface area (Å²) in [4.78, 5) is 72.7. The molecule has 0 bridgehead atoms.